The first-order valence-corrected chi connectivity index (χ1v) is 20.2. The quantitative estimate of drug-likeness (QED) is 0.0954. The molecule has 1 saturated carbocycles. The lowest BCUT2D eigenvalue weighted by molar-refractivity contribution is -0.142. The van der Waals surface area contributed by atoms with Crippen molar-refractivity contribution in [3.05, 3.63) is 106 Å². The van der Waals surface area contributed by atoms with E-state index in [9.17, 15) is 35.2 Å². The second kappa shape index (κ2) is 14.5. The zero-order valence-electron chi connectivity index (χ0n) is 31.3. The molecule has 19 heteroatoms. The second-order valence-corrected chi connectivity index (χ2v) is 16.6. The van der Waals surface area contributed by atoms with Crippen LogP contribution in [0.5, 0.6) is 0 Å². The highest BCUT2D eigenvalue weighted by atomic mass is 32.2. The molecule has 1 aliphatic heterocycles. The lowest BCUT2D eigenvalue weighted by Gasteiger charge is -2.23. The first-order valence-electron chi connectivity index (χ1n) is 18.3. The summed E-state index contributed by atoms with van der Waals surface area (Å²) in [7, 11) is -2.20. The molecular formula is C40H34F7N7O4S. The average Bonchev–Trinajstić information content (AvgIpc) is 3.38. The molecule has 1 saturated heterocycles. The molecule has 308 valence electrons. The molecule has 3 aliphatic rings. The molecular weight excluding hydrogens is 808 g/mol. The fraction of sp³-hybridized carbons (Fsp3) is 0.350. The van der Waals surface area contributed by atoms with Gasteiger partial charge in [-0.1, -0.05) is 30.2 Å². The van der Waals surface area contributed by atoms with E-state index in [1.165, 1.54) is 4.68 Å². The fourth-order valence-corrected chi connectivity index (χ4v) is 8.62. The van der Waals surface area contributed by atoms with Gasteiger partial charge in [0.25, 0.3) is 5.92 Å². The Bertz CT molecular complexity index is 2710. The van der Waals surface area contributed by atoms with E-state index in [0.29, 0.717) is 58.8 Å². The van der Waals surface area contributed by atoms with Crippen LogP contribution in [0.2, 0.25) is 0 Å². The van der Waals surface area contributed by atoms with E-state index in [2.05, 4.69) is 38.7 Å². The number of alkyl halides is 5. The summed E-state index contributed by atoms with van der Waals surface area (Å²) >= 11 is 0. The molecule has 0 spiro atoms. The van der Waals surface area contributed by atoms with Crippen LogP contribution in [0, 0.1) is 35.3 Å². The molecule has 3 atom stereocenters. The summed E-state index contributed by atoms with van der Waals surface area (Å²) in [4.78, 5) is 18.8. The molecule has 4 heterocycles. The summed E-state index contributed by atoms with van der Waals surface area (Å²) in [5.41, 5.74) is -1.81. The number of hydrogen-bond acceptors (Lipinski definition) is 7. The summed E-state index contributed by atoms with van der Waals surface area (Å²) in [6.07, 6.45) is -3.14. The number of para-hydroxylation sites is 1. The number of fused-ring (bicyclic) bond motifs is 4. The molecule has 2 aliphatic carbocycles. The van der Waals surface area contributed by atoms with Gasteiger partial charge < -0.3 is 10.1 Å². The third-order valence-electron chi connectivity index (χ3n) is 10.6. The molecule has 2 N–H and O–H groups in total. The maximum Gasteiger partial charge on any atom is 0.435 e. The number of anilines is 1. The van der Waals surface area contributed by atoms with Crippen molar-refractivity contribution in [2.24, 2.45) is 18.9 Å². The van der Waals surface area contributed by atoms with Crippen molar-refractivity contribution in [3.8, 4) is 23.0 Å². The van der Waals surface area contributed by atoms with Gasteiger partial charge in [0.2, 0.25) is 15.9 Å². The maximum absolute atomic E-state index is 15.6. The number of carbonyl (C=O) groups excluding carboxylic acids is 1. The molecule has 5 aromatic rings. The van der Waals surface area contributed by atoms with Gasteiger partial charge in [0, 0.05) is 60.2 Å². The number of nitrogens with zero attached hydrogens (tertiary/aromatic N) is 5. The normalized spacial score (nSPS) is 19.2. The van der Waals surface area contributed by atoms with E-state index in [1.54, 1.807) is 37.4 Å². The predicted octanol–water partition coefficient (Wildman–Crippen LogP) is 6.75. The number of nitrogens with one attached hydrogen (secondary N) is 2. The van der Waals surface area contributed by atoms with Crippen molar-refractivity contribution in [1.82, 2.24) is 29.9 Å². The van der Waals surface area contributed by atoms with Crippen LogP contribution in [0.25, 0.3) is 22.0 Å². The van der Waals surface area contributed by atoms with Crippen LogP contribution in [0.3, 0.4) is 0 Å². The molecule has 1 amide bonds. The third-order valence-corrected chi connectivity index (χ3v) is 11.2. The van der Waals surface area contributed by atoms with Crippen LogP contribution in [-0.4, -0.2) is 58.3 Å². The number of aryl methyl sites for hydroxylation is 1. The Labute approximate surface area is 332 Å². The molecule has 1 unspecified atom stereocenters. The zero-order valence-corrected chi connectivity index (χ0v) is 32.1. The summed E-state index contributed by atoms with van der Waals surface area (Å²) in [5, 5.41) is 10.9. The highest BCUT2D eigenvalue weighted by Gasteiger charge is 2.71. The van der Waals surface area contributed by atoms with Crippen molar-refractivity contribution in [3.63, 3.8) is 0 Å². The average molecular weight is 842 g/mol. The molecule has 3 aromatic heterocycles. The number of rotatable bonds is 9. The molecule has 11 nitrogen and oxygen atoms in total. The van der Waals surface area contributed by atoms with Crippen molar-refractivity contribution in [2.75, 3.05) is 24.2 Å². The number of hydrogen-bond donors (Lipinski definition) is 2. The van der Waals surface area contributed by atoms with E-state index in [1.807, 2.05) is 0 Å². The largest absolute Gasteiger partial charge is 0.435 e. The summed E-state index contributed by atoms with van der Waals surface area (Å²) in [6.45, 7) is 3.47. The number of pyridine rings is 1. The topological polar surface area (TPSA) is 133 Å². The van der Waals surface area contributed by atoms with E-state index in [0.717, 1.165) is 18.4 Å². The summed E-state index contributed by atoms with van der Waals surface area (Å²) < 4.78 is 137. The van der Waals surface area contributed by atoms with Gasteiger partial charge in [-0.05, 0) is 61.1 Å². The zero-order chi connectivity index (χ0) is 42.2. The Morgan fingerprint density at radius 3 is 2.46 bits per heavy atom. The first-order chi connectivity index (χ1) is 27.8. The van der Waals surface area contributed by atoms with Crippen LogP contribution in [0.15, 0.2) is 60.7 Å². The van der Waals surface area contributed by atoms with Crippen molar-refractivity contribution in [2.45, 2.75) is 49.9 Å². The standard InChI is InChI=1S/C40H34F7N7O4S/c1-20-31-32-36(40(45,46)47)50-54(37(32)39(43,44)33(20)31)19-30(55)49-29(17-22-15-23(41)18-24(42)16-22)34-26(10-9-25(48-34)8-7-21-11-13-58-14-12-21)27-5-4-6-28-35(27)53(2)51-38(28)52-59(3,56)57/h4-6,9-10,15-16,18,21,29,31,33H,1,11-14,17,19H2,2-3H3,(H,49,55)(H,51,52)/t29?,31-,33-/m1/s1. The minimum absolute atomic E-state index is 0.0119. The van der Waals surface area contributed by atoms with E-state index in [-0.39, 0.29) is 40.7 Å². The number of allylic oxidation sites excluding steroid dienone is 1. The Balaban J connectivity index is 1.26. The Morgan fingerprint density at radius 2 is 1.78 bits per heavy atom. The fourth-order valence-electron chi connectivity index (χ4n) is 8.12. The molecule has 2 aromatic carbocycles. The van der Waals surface area contributed by atoms with Gasteiger partial charge in [-0.25, -0.2) is 22.2 Å². The van der Waals surface area contributed by atoms with Gasteiger partial charge in [-0.2, -0.15) is 32.1 Å². The Hall–Kier alpha value is -5.74. The monoisotopic (exact) mass is 841 g/mol. The summed E-state index contributed by atoms with van der Waals surface area (Å²) in [5.74, 6) is -3.30. The van der Waals surface area contributed by atoms with E-state index in [4.69, 9.17) is 9.72 Å². The van der Waals surface area contributed by atoms with Gasteiger partial charge in [-0.15, -0.1) is 0 Å². The van der Waals surface area contributed by atoms with Crippen molar-refractivity contribution >= 4 is 32.7 Å². The maximum atomic E-state index is 15.6. The van der Waals surface area contributed by atoms with Crippen molar-refractivity contribution in [1.29, 1.82) is 0 Å². The number of sulfonamides is 1. The van der Waals surface area contributed by atoms with Gasteiger partial charge in [0.15, 0.2) is 11.5 Å². The van der Waals surface area contributed by atoms with Crippen LogP contribution in [0.1, 0.15) is 58.7 Å². The lowest BCUT2D eigenvalue weighted by atomic mass is 9.93. The van der Waals surface area contributed by atoms with Gasteiger partial charge in [0.05, 0.1) is 29.4 Å². The Morgan fingerprint density at radius 1 is 1.07 bits per heavy atom. The molecule has 2 fully saturated rings. The van der Waals surface area contributed by atoms with Crippen LogP contribution in [-0.2, 0) is 51.7 Å². The predicted molar refractivity (Wildman–Crippen MR) is 200 cm³/mol. The van der Waals surface area contributed by atoms with E-state index >= 15 is 8.78 Å². The number of carbonyl (C=O) groups is 1. The lowest BCUT2D eigenvalue weighted by Crippen LogP contribution is -2.35. The smallest absolute Gasteiger partial charge is 0.381 e. The molecule has 0 bridgehead atoms. The van der Waals surface area contributed by atoms with Crippen LogP contribution < -0.4 is 10.0 Å². The van der Waals surface area contributed by atoms with Gasteiger partial charge in [0.1, 0.15) is 29.6 Å². The van der Waals surface area contributed by atoms with Crippen LogP contribution in [0.4, 0.5) is 36.6 Å². The third kappa shape index (κ3) is 7.66. The van der Waals surface area contributed by atoms with Gasteiger partial charge in [-0.3, -0.25) is 18.9 Å². The highest BCUT2D eigenvalue weighted by molar-refractivity contribution is 7.92. The van der Waals surface area contributed by atoms with Gasteiger partial charge >= 0.3 is 6.18 Å². The van der Waals surface area contributed by atoms with Crippen molar-refractivity contribution < 1.29 is 48.7 Å². The minimum Gasteiger partial charge on any atom is -0.381 e. The number of halogens is 7. The number of aromatic nitrogens is 5. The first kappa shape index (κ1) is 40.1. The Kier molecular flexibility index (Phi) is 9.86. The molecule has 8 rings (SSSR count). The second-order valence-electron chi connectivity index (χ2n) is 14.9. The number of benzene rings is 2. The minimum atomic E-state index is -5.11. The van der Waals surface area contributed by atoms with E-state index < -0.39 is 81.0 Å². The summed E-state index contributed by atoms with van der Waals surface area (Å²) in [6, 6.07) is 9.56. The number of ether oxygens (including phenoxy) is 1. The molecule has 0 radical (unpaired) electrons. The highest BCUT2D eigenvalue weighted by Crippen LogP contribution is 2.71. The SMILES string of the molecule is C=C1[C@@H]2c3c(C(F)(F)F)nn(CC(=O)NC(Cc4cc(F)cc(F)c4)c4nc(C#CC5CCOCC5)ccc4-c4cccc5c(NS(C)(=O)=O)nn(C)c45)c3C(F)(F)[C@H]12. The number of amides is 1. The molecule has 59 heavy (non-hydrogen) atoms. The van der Waals surface area contributed by atoms with Crippen LogP contribution >= 0.6 is 0 Å².